The monoisotopic (exact) mass is 385 g/mol. The lowest BCUT2D eigenvalue weighted by Gasteiger charge is -2.38. The molecule has 1 aliphatic heterocycles. The van der Waals surface area contributed by atoms with E-state index >= 15 is 0 Å². The van der Waals surface area contributed by atoms with Crippen LogP contribution in [0, 0.1) is 5.41 Å². The van der Waals surface area contributed by atoms with Crippen LogP contribution in [-0.4, -0.2) is 17.3 Å². The van der Waals surface area contributed by atoms with Gasteiger partial charge in [0.05, 0.1) is 12.2 Å². The van der Waals surface area contributed by atoms with Crippen LogP contribution in [0.4, 0.5) is 5.69 Å². The van der Waals surface area contributed by atoms with Gasteiger partial charge in [0.2, 0.25) is 0 Å². The van der Waals surface area contributed by atoms with Gasteiger partial charge in [0, 0.05) is 5.56 Å². The molecule has 4 rings (SSSR count). The molecule has 0 spiro atoms. The van der Waals surface area contributed by atoms with E-state index in [1.165, 1.54) is 0 Å². The largest absolute Gasteiger partial charge is 0.476 e. The fourth-order valence-corrected chi connectivity index (χ4v) is 3.57. The predicted octanol–water partition coefficient (Wildman–Crippen LogP) is 4.34. The lowest BCUT2D eigenvalue weighted by Crippen LogP contribution is -2.52. The molecule has 0 aromatic heterocycles. The molecule has 1 amide bonds. The van der Waals surface area contributed by atoms with Gasteiger partial charge in [-0.1, -0.05) is 48.5 Å². The highest BCUT2D eigenvalue weighted by Crippen LogP contribution is 2.38. The Balaban J connectivity index is 1.69. The number of carbonyl (C=O) groups is 1. The van der Waals surface area contributed by atoms with Gasteiger partial charge in [-0.2, -0.15) is 0 Å². The van der Waals surface area contributed by atoms with Gasteiger partial charge < -0.3 is 15.4 Å². The van der Waals surface area contributed by atoms with Crippen molar-refractivity contribution >= 4 is 17.4 Å². The first-order chi connectivity index (χ1) is 13.8. The van der Waals surface area contributed by atoms with Gasteiger partial charge in [0.15, 0.2) is 5.60 Å². The Kier molecular flexibility index (Phi) is 4.59. The quantitative estimate of drug-likeness (QED) is 0.518. The summed E-state index contributed by atoms with van der Waals surface area (Å²) in [5.41, 5.74) is 9.18. The van der Waals surface area contributed by atoms with E-state index < -0.39 is 5.60 Å². The number of amides is 1. The zero-order valence-corrected chi connectivity index (χ0v) is 16.5. The molecule has 0 radical (unpaired) electrons. The number of para-hydroxylation sites is 2. The summed E-state index contributed by atoms with van der Waals surface area (Å²) in [5, 5.41) is 7.66. The number of amidine groups is 1. The minimum absolute atomic E-state index is 0.0424. The smallest absolute Gasteiger partial charge is 0.271 e. The van der Waals surface area contributed by atoms with Gasteiger partial charge in [-0.05, 0) is 54.8 Å². The Morgan fingerprint density at radius 3 is 2.45 bits per heavy atom. The van der Waals surface area contributed by atoms with Crippen molar-refractivity contribution in [1.29, 1.82) is 5.41 Å². The molecule has 29 heavy (non-hydrogen) atoms. The number of carbonyl (C=O) groups excluding carboxylic acids is 1. The summed E-state index contributed by atoms with van der Waals surface area (Å²) < 4.78 is 5.90. The van der Waals surface area contributed by atoms with Gasteiger partial charge in [0.25, 0.3) is 5.91 Å². The summed E-state index contributed by atoms with van der Waals surface area (Å²) >= 11 is 0. The topological polar surface area (TPSA) is 79.4 Å². The van der Waals surface area contributed by atoms with Gasteiger partial charge >= 0.3 is 0 Å². The lowest BCUT2D eigenvalue weighted by atomic mass is 9.99. The zero-order chi connectivity index (χ0) is 20.6. The van der Waals surface area contributed by atoms with Crippen molar-refractivity contribution in [1.82, 2.24) is 0 Å². The van der Waals surface area contributed by atoms with Crippen LogP contribution in [0.2, 0.25) is 0 Å². The van der Waals surface area contributed by atoms with Crippen LogP contribution in [0.15, 0.2) is 72.8 Å². The van der Waals surface area contributed by atoms with Crippen LogP contribution >= 0.6 is 0 Å². The minimum Gasteiger partial charge on any atom is -0.476 e. The highest BCUT2D eigenvalue weighted by molar-refractivity contribution is 6.02. The number of benzene rings is 3. The first-order valence-electron chi connectivity index (χ1n) is 9.49. The summed E-state index contributed by atoms with van der Waals surface area (Å²) in [6, 6.07) is 23.3. The molecule has 0 saturated heterocycles. The lowest BCUT2D eigenvalue weighted by molar-refractivity contribution is -0.132. The van der Waals surface area contributed by atoms with E-state index in [1.54, 1.807) is 18.7 Å². The number of nitrogen functional groups attached to an aromatic ring is 1. The number of hydrogen-bond donors (Lipinski definition) is 2. The van der Waals surface area contributed by atoms with E-state index in [2.05, 4.69) is 6.07 Å². The maximum absolute atomic E-state index is 13.1. The third-order valence-electron chi connectivity index (χ3n) is 5.06. The Morgan fingerprint density at radius 1 is 1.00 bits per heavy atom. The molecule has 0 atom stereocenters. The maximum atomic E-state index is 13.1. The Hall–Kier alpha value is -3.60. The van der Waals surface area contributed by atoms with Crippen molar-refractivity contribution in [2.24, 2.45) is 5.73 Å². The summed E-state index contributed by atoms with van der Waals surface area (Å²) in [7, 11) is 0. The van der Waals surface area contributed by atoms with Crippen molar-refractivity contribution in [2.75, 3.05) is 4.90 Å². The minimum atomic E-state index is -0.915. The molecule has 5 heteroatoms. The standard InChI is InChI=1S/C24H23N3O2/c1-24(2)23(28)27(20-11-3-4-12-21(20)29-24)15-16-7-5-8-17(13-16)18-9-6-10-19(14-18)22(25)26/h3-14H,15H2,1-2H3,(H3,25,26). The van der Waals surface area contributed by atoms with E-state index in [1.807, 2.05) is 66.7 Å². The fraction of sp³-hybridized carbons (Fsp3) is 0.167. The highest BCUT2D eigenvalue weighted by Gasteiger charge is 2.40. The van der Waals surface area contributed by atoms with Crippen LogP contribution in [0.1, 0.15) is 25.0 Å². The number of hydrogen-bond acceptors (Lipinski definition) is 3. The van der Waals surface area contributed by atoms with Crippen LogP contribution in [-0.2, 0) is 11.3 Å². The van der Waals surface area contributed by atoms with E-state index in [0.29, 0.717) is 17.9 Å². The SMILES string of the molecule is CC1(C)Oc2ccccc2N(Cc2cccc(-c3cccc(C(=N)N)c3)c2)C1=O. The molecule has 146 valence electrons. The van der Waals surface area contributed by atoms with Crippen LogP contribution in [0.5, 0.6) is 5.75 Å². The number of anilines is 1. The molecule has 0 bridgehead atoms. The number of nitrogens with zero attached hydrogens (tertiary/aromatic N) is 1. The Morgan fingerprint density at radius 2 is 1.69 bits per heavy atom. The highest BCUT2D eigenvalue weighted by atomic mass is 16.5. The molecule has 0 unspecified atom stereocenters. The van der Waals surface area contributed by atoms with Crippen LogP contribution in [0.3, 0.4) is 0 Å². The van der Waals surface area contributed by atoms with Crippen molar-refractivity contribution in [2.45, 2.75) is 26.0 Å². The molecule has 1 aliphatic rings. The van der Waals surface area contributed by atoms with Gasteiger partial charge in [-0.15, -0.1) is 0 Å². The molecular formula is C24H23N3O2. The van der Waals surface area contributed by atoms with Crippen LogP contribution in [0.25, 0.3) is 11.1 Å². The van der Waals surface area contributed by atoms with Gasteiger partial charge in [-0.3, -0.25) is 10.2 Å². The molecule has 3 aromatic rings. The van der Waals surface area contributed by atoms with E-state index in [0.717, 1.165) is 22.4 Å². The third-order valence-corrected chi connectivity index (χ3v) is 5.06. The van der Waals surface area contributed by atoms with Gasteiger partial charge in [-0.25, -0.2) is 0 Å². The Bertz CT molecular complexity index is 1100. The second-order valence-electron chi connectivity index (χ2n) is 7.67. The summed E-state index contributed by atoms with van der Waals surface area (Å²) in [5.74, 6) is 0.684. The average Bonchev–Trinajstić information content (AvgIpc) is 2.71. The average molecular weight is 385 g/mol. The van der Waals surface area contributed by atoms with E-state index in [9.17, 15) is 4.79 Å². The number of ether oxygens (including phenoxy) is 1. The molecule has 0 aliphatic carbocycles. The first-order valence-corrected chi connectivity index (χ1v) is 9.49. The van der Waals surface area contributed by atoms with Crippen molar-refractivity contribution in [3.05, 3.63) is 83.9 Å². The van der Waals surface area contributed by atoms with E-state index in [4.69, 9.17) is 15.9 Å². The van der Waals surface area contributed by atoms with Crippen molar-refractivity contribution in [3.8, 4) is 16.9 Å². The number of nitrogens with one attached hydrogen (secondary N) is 1. The van der Waals surface area contributed by atoms with E-state index in [-0.39, 0.29) is 11.7 Å². The number of rotatable bonds is 4. The van der Waals surface area contributed by atoms with Crippen molar-refractivity contribution < 1.29 is 9.53 Å². The number of fused-ring (bicyclic) bond motifs is 1. The first kappa shape index (κ1) is 18.7. The normalized spacial score (nSPS) is 14.8. The van der Waals surface area contributed by atoms with Gasteiger partial charge in [0.1, 0.15) is 11.6 Å². The molecule has 1 heterocycles. The maximum Gasteiger partial charge on any atom is 0.271 e. The molecule has 0 fully saturated rings. The third kappa shape index (κ3) is 3.59. The molecule has 3 N–H and O–H groups in total. The predicted molar refractivity (Wildman–Crippen MR) is 115 cm³/mol. The molecule has 3 aromatic carbocycles. The fourth-order valence-electron chi connectivity index (χ4n) is 3.57. The van der Waals surface area contributed by atoms with Crippen molar-refractivity contribution in [3.63, 3.8) is 0 Å². The Labute approximate surface area is 170 Å². The summed E-state index contributed by atoms with van der Waals surface area (Å²) in [6.07, 6.45) is 0. The van der Waals surface area contributed by atoms with Crippen LogP contribution < -0.4 is 15.4 Å². The summed E-state index contributed by atoms with van der Waals surface area (Å²) in [4.78, 5) is 14.8. The second-order valence-corrected chi connectivity index (χ2v) is 7.67. The molecular weight excluding hydrogens is 362 g/mol. The molecule has 5 nitrogen and oxygen atoms in total. The zero-order valence-electron chi connectivity index (χ0n) is 16.5. The number of nitrogens with two attached hydrogens (primary N) is 1. The molecule has 0 saturated carbocycles. The summed E-state index contributed by atoms with van der Waals surface area (Å²) in [6.45, 7) is 4.03. The second kappa shape index (κ2) is 7.09.